The minimum Gasteiger partial charge on any atom is -0.496 e. The molecule has 1 saturated heterocycles. The lowest BCUT2D eigenvalue weighted by atomic mass is 10.0. The van der Waals surface area contributed by atoms with Gasteiger partial charge >= 0.3 is 0 Å². The van der Waals surface area contributed by atoms with E-state index in [9.17, 15) is 9.59 Å². The fraction of sp³-hybridized carbons (Fsp3) is 0.579. The largest absolute Gasteiger partial charge is 0.496 e. The molecule has 1 fully saturated rings. The Morgan fingerprint density at radius 1 is 1.04 bits per heavy atom. The molecule has 24 heavy (non-hydrogen) atoms. The fourth-order valence-electron chi connectivity index (χ4n) is 3.08. The average Bonchev–Trinajstić information content (AvgIpc) is 2.57. The standard InChI is InChI=1S/C19H28N2O3/c1-13(2)19(23)21-8-6-20(7-9-21)18(22)12-16-10-15(4)17(24-5)11-14(16)3/h10-11,13H,6-9,12H2,1-5H3. The van der Waals surface area contributed by atoms with Gasteiger partial charge in [-0.3, -0.25) is 9.59 Å². The number of hydrogen-bond donors (Lipinski definition) is 0. The Morgan fingerprint density at radius 2 is 1.62 bits per heavy atom. The number of nitrogens with zero attached hydrogens (tertiary/aromatic N) is 2. The second-order valence-corrected chi connectivity index (χ2v) is 6.79. The summed E-state index contributed by atoms with van der Waals surface area (Å²) in [5, 5.41) is 0. The van der Waals surface area contributed by atoms with Gasteiger partial charge in [0.05, 0.1) is 13.5 Å². The summed E-state index contributed by atoms with van der Waals surface area (Å²) in [7, 11) is 1.66. The van der Waals surface area contributed by atoms with Gasteiger partial charge in [-0.05, 0) is 36.6 Å². The predicted molar refractivity (Wildman–Crippen MR) is 94.2 cm³/mol. The highest BCUT2D eigenvalue weighted by Gasteiger charge is 2.25. The van der Waals surface area contributed by atoms with Crippen molar-refractivity contribution < 1.29 is 14.3 Å². The van der Waals surface area contributed by atoms with E-state index in [-0.39, 0.29) is 17.7 Å². The molecule has 132 valence electrons. The monoisotopic (exact) mass is 332 g/mol. The van der Waals surface area contributed by atoms with Crippen molar-refractivity contribution in [1.29, 1.82) is 0 Å². The van der Waals surface area contributed by atoms with Crippen LogP contribution in [0.25, 0.3) is 0 Å². The molecule has 1 heterocycles. The number of rotatable bonds is 4. The van der Waals surface area contributed by atoms with Crippen LogP contribution in [-0.4, -0.2) is 54.9 Å². The molecule has 0 unspecified atom stereocenters. The van der Waals surface area contributed by atoms with Crippen LogP contribution in [0.2, 0.25) is 0 Å². The topological polar surface area (TPSA) is 49.9 Å². The van der Waals surface area contributed by atoms with E-state index in [4.69, 9.17) is 4.74 Å². The second-order valence-electron chi connectivity index (χ2n) is 6.79. The Morgan fingerprint density at radius 3 is 2.17 bits per heavy atom. The molecule has 1 aromatic carbocycles. The van der Waals surface area contributed by atoms with Gasteiger partial charge in [0.1, 0.15) is 5.75 Å². The lowest BCUT2D eigenvalue weighted by molar-refractivity contribution is -0.141. The van der Waals surface area contributed by atoms with Crippen LogP contribution >= 0.6 is 0 Å². The minimum atomic E-state index is 0.0113. The van der Waals surface area contributed by atoms with E-state index in [0.717, 1.165) is 22.4 Å². The molecule has 0 bridgehead atoms. The van der Waals surface area contributed by atoms with Crippen LogP contribution in [0.15, 0.2) is 12.1 Å². The highest BCUT2D eigenvalue weighted by molar-refractivity contribution is 5.81. The molecule has 1 aromatic rings. The lowest BCUT2D eigenvalue weighted by Crippen LogP contribution is -2.51. The summed E-state index contributed by atoms with van der Waals surface area (Å²) in [5.74, 6) is 1.16. The molecule has 0 aromatic heterocycles. The van der Waals surface area contributed by atoms with Crippen LogP contribution < -0.4 is 4.74 Å². The maximum Gasteiger partial charge on any atom is 0.227 e. The third kappa shape index (κ3) is 4.08. The Bertz CT molecular complexity index is 617. The van der Waals surface area contributed by atoms with E-state index in [1.54, 1.807) is 7.11 Å². The fourth-order valence-corrected chi connectivity index (χ4v) is 3.08. The van der Waals surface area contributed by atoms with E-state index >= 15 is 0 Å². The molecule has 0 N–H and O–H groups in total. The zero-order valence-corrected chi connectivity index (χ0v) is 15.4. The van der Waals surface area contributed by atoms with Crippen LogP contribution in [-0.2, 0) is 16.0 Å². The van der Waals surface area contributed by atoms with Gasteiger partial charge < -0.3 is 14.5 Å². The van der Waals surface area contributed by atoms with Gasteiger partial charge in [0, 0.05) is 32.1 Å². The first-order chi connectivity index (χ1) is 11.3. The van der Waals surface area contributed by atoms with Gasteiger partial charge in [0.15, 0.2) is 0 Å². The summed E-state index contributed by atoms with van der Waals surface area (Å²) in [6.45, 7) is 10.3. The number of carbonyl (C=O) groups excluding carboxylic acids is 2. The molecular formula is C19H28N2O3. The van der Waals surface area contributed by atoms with Crippen molar-refractivity contribution in [2.24, 2.45) is 5.92 Å². The van der Waals surface area contributed by atoms with Crippen molar-refractivity contribution >= 4 is 11.8 Å². The number of carbonyl (C=O) groups is 2. The summed E-state index contributed by atoms with van der Waals surface area (Å²) in [6, 6.07) is 4.02. The molecule has 0 aliphatic carbocycles. The van der Waals surface area contributed by atoms with E-state index in [2.05, 4.69) is 0 Å². The van der Waals surface area contributed by atoms with Crippen molar-refractivity contribution in [2.75, 3.05) is 33.3 Å². The van der Waals surface area contributed by atoms with E-state index in [1.165, 1.54) is 0 Å². The van der Waals surface area contributed by atoms with Gasteiger partial charge in [-0.25, -0.2) is 0 Å². The third-order valence-corrected chi connectivity index (χ3v) is 4.63. The highest BCUT2D eigenvalue weighted by Crippen LogP contribution is 2.23. The van der Waals surface area contributed by atoms with Crippen LogP contribution in [0.1, 0.15) is 30.5 Å². The number of ether oxygens (including phenoxy) is 1. The molecule has 0 atom stereocenters. The van der Waals surface area contributed by atoms with Crippen LogP contribution in [0, 0.1) is 19.8 Å². The number of piperazine rings is 1. The maximum atomic E-state index is 12.6. The first kappa shape index (κ1) is 18.3. The summed E-state index contributed by atoms with van der Waals surface area (Å²) in [6.07, 6.45) is 0.398. The van der Waals surface area contributed by atoms with E-state index in [1.807, 2.05) is 49.6 Å². The normalized spacial score (nSPS) is 14.9. The quantitative estimate of drug-likeness (QED) is 0.849. The van der Waals surface area contributed by atoms with Gasteiger partial charge in [0.2, 0.25) is 11.8 Å². The molecule has 0 radical (unpaired) electrons. The molecular weight excluding hydrogens is 304 g/mol. The minimum absolute atomic E-state index is 0.0113. The molecule has 1 aliphatic rings. The van der Waals surface area contributed by atoms with Crippen LogP contribution in [0.5, 0.6) is 5.75 Å². The zero-order chi connectivity index (χ0) is 17.9. The summed E-state index contributed by atoms with van der Waals surface area (Å²) in [4.78, 5) is 28.3. The van der Waals surface area contributed by atoms with Gasteiger partial charge in [-0.2, -0.15) is 0 Å². The Hall–Kier alpha value is -2.04. The SMILES string of the molecule is COc1cc(C)c(CC(=O)N2CCN(C(=O)C(C)C)CC2)cc1C. The summed E-state index contributed by atoms with van der Waals surface area (Å²) >= 11 is 0. The molecule has 0 saturated carbocycles. The van der Waals surface area contributed by atoms with Crippen LogP contribution in [0.4, 0.5) is 0 Å². The van der Waals surface area contributed by atoms with Gasteiger partial charge in [-0.1, -0.05) is 19.9 Å². The number of amides is 2. The molecule has 1 aliphatic heterocycles. The zero-order valence-electron chi connectivity index (χ0n) is 15.4. The Labute approximate surface area is 144 Å². The number of aryl methyl sites for hydroxylation is 2. The molecule has 5 heteroatoms. The highest BCUT2D eigenvalue weighted by atomic mass is 16.5. The number of benzene rings is 1. The van der Waals surface area contributed by atoms with Crippen molar-refractivity contribution in [3.8, 4) is 5.75 Å². The van der Waals surface area contributed by atoms with Crippen molar-refractivity contribution in [3.05, 3.63) is 28.8 Å². The van der Waals surface area contributed by atoms with Gasteiger partial charge in [0.25, 0.3) is 0 Å². The van der Waals surface area contributed by atoms with Crippen molar-refractivity contribution in [3.63, 3.8) is 0 Å². The van der Waals surface area contributed by atoms with E-state index < -0.39 is 0 Å². The smallest absolute Gasteiger partial charge is 0.227 e. The lowest BCUT2D eigenvalue weighted by Gasteiger charge is -2.35. The predicted octanol–water partition coefficient (Wildman–Crippen LogP) is 2.18. The van der Waals surface area contributed by atoms with Crippen molar-refractivity contribution in [2.45, 2.75) is 34.1 Å². The first-order valence-corrected chi connectivity index (χ1v) is 8.54. The molecule has 5 nitrogen and oxygen atoms in total. The Balaban J connectivity index is 1.97. The average molecular weight is 332 g/mol. The summed E-state index contributed by atoms with van der Waals surface area (Å²) in [5.41, 5.74) is 3.15. The van der Waals surface area contributed by atoms with Crippen LogP contribution in [0.3, 0.4) is 0 Å². The second kappa shape index (κ2) is 7.69. The number of methoxy groups -OCH3 is 1. The Kier molecular flexibility index (Phi) is 5.86. The molecule has 2 amide bonds. The maximum absolute atomic E-state index is 12.6. The summed E-state index contributed by atoms with van der Waals surface area (Å²) < 4.78 is 5.32. The number of hydrogen-bond acceptors (Lipinski definition) is 3. The van der Waals surface area contributed by atoms with Gasteiger partial charge in [-0.15, -0.1) is 0 Å². The first-order valence-electron chi connectivity index (χ1n) is 8.54. The molecule has 0 spiro atoms. The molecule has 2 rings (SSSR count). The van der Waals surface area contributed by atoms with E-state index in [0.29, 0.717) is 32.6 Å². The van der Waals surface area contributed by atoms with Crippen molar-refractivity contribution in [1.82, 2.24) is 9.80 Å². The third-order valence-electron chi connectivity index (χ3n) is 4.63.